The second-order valence-corrected chi connectivity index (χ2v) is 5.37. The number of fused-ring (bicyclic) bond motifs is 1. The number of carboxylic acid groups (broad SMARTS) is 1. The van der Waals surface area contributed by atoms with Gasteiger partial charge in [0, 0.05) is 12.3 Å². The number of carboxylic acids is 1. The molecule has 0 saturated heterocycles. The number of nitrogens with zero attached hydrogens (tertiary/aromatic N) is 1. The van der Waals surface area contributed by atoms with E-state index in [-0.39, 0.29) is 17.9 Å². The number of carbonyl (C=O) groups is 2. The fourth-order valence-electron chi connectivity index (χ4n) is 2.00. The van der Waals surface area contributed by atoms with E-state index in [1.54, 1.807) is 18.3 Å². The highest BCUT2D eigenvalue weighted by Gasteiger charge is 2.20. The van der Waals surface area contributed by atoms with E-state index in [1.807, 2.05) is 13.8 Å². The largest absolute Gasteiger partial charge is 0.478 e. The number of allylic oxidation sites excluding steroid dienone is 1. The maximum absolute atomic E-state index is 11.3. The summed E-state index contributed by atoms with van der Waals surface area (Å²) < 4.78 is 5.18. The van der Waals surface area contributed by atoms with Gasteiger partial charge in [-0.05, 0) is 23.5 Å². The number of hydrogen-bond donors (Lipinski definition) is 2. The highest BCUT2D eigenvalue weighted by atomic mass is 16.5. The summed E-state index contributed by atoms with van der Waals surface area (Å²) in [5.41, 5.74) is 1.12. The fourth-order valence-corrected chi connectivity index (χ4v) is 2.00. The highest BCUT2D eigenvalue weighted by Crippen LogP contribution is 2.29. The number of anilines is 1. The Kier molecular flexibility index (Phi) is 3.74. The molecule has 0 radical (unpaired) electrons. The molecule has 0 saturated carbocycles. The second kappa shape index (κ2) is 5.32. The second-order valence-electron chi connectivity index (χ2n) is 5.37. The normalized spacial score (nSPS) is 14.6. The van der Waals surface area contributed by atoms with Crippen molar-refractivity contribution < 1.29 is 19.4 Å². The molecule has 0 fully saturated rings. The molecular formula is C14H16N2O4. The van der Waals surface area contributed by atoms with Crippen molar-refractivity contribution in [2.75, 3.05) is 11.9 Å². The van der Waals surface area contributed by atoms with Gasteiger partial charge >= 0.3 is 5.97 Å². The van der Waals surface area contributed by atoms with Gasteiger partial charge in [0.25, 0.3) is 5.91 Å². The zero-order valence-electron chi connectivity index (χ0n) is 11.3. The van der Waals surface area contributed by atoms with Crippen molar-refractivity contribution in [2.45, 2.75) is 20.3 Å². The molecule has 1 aliphatic rings. The van der Waals surface area contributed by atoms with Crippen LogP contribution in [0.3, 0.4) is 0 Å². The number of hydrogen-bond acceptors (Lipinski definition) is 4. The average molecular weight is 276 g/mol. The summed E-state index contributed by atoms with van der Waals surface area (Å²) in [7, 11) is 0. The van der Waals surface area contributed by atoms with E-state index >= 15 is 0 Å². The van der Waals surface area contributed by atoms with Crippen LogP contribution < -0.4 is 10.1 Å². The number of nitrogens with one attached hydrogen (secondary N) is 1. The molecule has 6 heteroatoms. The molecule has 1 aromatic rings. The predicted octanol–water partition coefficient (Wildman–Crippen LogP) is 1.62. The first kappa shape index (κ1) is 14.0. The Balaban J connectivity index is 2.16. The molecule has 0 aliphatic carbocycles. The predicted molar refractivity (Wildman–Crippen MR) is 72.6 cm³/mol. The zero-order chi connectivity index (χ0) is 14.8. The van der Waals surface area contributed by atoms with Crippen LogP contribution in [0.1, 0.15) is 19.4 Å². The minimum atomic E-state index is -0.970. The molecule has 0 unspecified atom stereocenters. The molecule has 0 spiro atoms. The molecule has 1 aliphatic heterocycles. The lowest BCUT2D eigenvalue weighted by Gasteiger charge is -2.22. The van der Waals surface area contributed by atoms with Crippen LogP contribution in [0.4, 0.5) is 5.69 Å². The first-order valence-corrected chi connectivity index (χ1v) is 6.19. The smallest absolute Gasteiger partial charge is 0.327 e. The van der Waals surface area contributed by atoms with Crippen molar-refractivity contribution in [1.29, 1.82) is 0 Å². The van der Waals surface area contributed by atoms with E-state index < -0.39 is 5.97 Å². The number of carbonyl (C=O) groups excluding carboxylic acids is 1. The number of ether oxygens (including phenoxy) is 1. The third-order valence-electron chi connectivity index (χ3n) is 2.86. The van der Waals surface area contributed by atoms with Crippen LogP contribution in [-0.2, 0) is 16.0 Å². The lowest BCUT2D eigenvalue weighted by atomic mass is 9.86. The molecule has 1 aromatic heterocycles. The van der Waals surface area contributed by atoms with Crippen LogP contribution >= 0.6 is 0 Å². The molecule has 20 heavy (non-hydrogen) atoms. The molecule has 1 amide bonds. The average Bonchev–Trinajstić information content (AvgIpc) is 2.35. The van der Waals surface area contributed by atoms with Gasteiger partial charge in [0.2, 0.25) is 5.88 Å². The van der Waals surface area contributed by atoms with E-state index in [9.17, 15) is 9.59 Å². The van der Waals surface area contributed by atoms with Gasteiger partial charge in [-0.15, -0.1) is 0 Å². The van der Waals surface area contributed by atoms with Crippen molar-refractivity contribution in [3.8, 4) is 5.88 Å². The summed E-state index contributed by atoms with van der Waals surface area (Å²) in [4.78, 5) is 26.0. The molecule has 0 bridgehead atoms. The Labute approximate surface area is 116 Å². The van der Waals surface area contributed by atoms with Gasteiger partial charge in [-0.25, -0.2) is 9.78 Å². The minimum Gasteiger partial charge on any atom is -0.478 e. The first-order chi connectivity index (χ1) is 9.35. The van der Waals surface area contributed by atoms with Gasteiger partial charge in [-0.1, -0.05) is 19.9 Å². The lowest BCUT2D eigenvalue weighted by Crippen LogP contribution is -2.26. The molecule has 0 aromatic carbocycles. The lowest BCUT2D eigenvalue weighted by molar-refractivity contribution is -0.131. The SMILES string of the molecule is CC(C)(C=CC(=O)O)Cc1cnc2c(c1)NC(=O)CO2. The summed E-state index contributed by atoms with van der Waals surface area (Å²) in [5.74, 6) is -0.768. The van der Waals surface area contributed by atoms with Gasteiger partial charge in [0.1, 0.15) is 5.69 Å². The van der Waals surface area contributed by atoms with E-state index in [0.29, 0.717) is 18.0 Å². The van der Waals surface area contributed by atoms with Gasteiger partial charge in [0.05, 0.1) is 0 Å². The van der Waals surface area contributed by atoms with Crippen molar-refractivity contribution in [3.05, 3.63) is 30.0 Å². The van der Waals surface area contributed by atoms with Gasteiger partial charge in [-0.2, -0.15) is 0 Å². The Morgan fingerprint density at radius 2 is 2.35 bits per heavy atom. The monoisotopic (exact) mass is 276 g/mol. The van der Waals surface area contributed by atoms with Gasteiger partial charge < -0.3 is 15.2 Å². The topological polar surface area (TPSA) is 88.5 Å². The first-order valence-electron chi connectivity index (χ1n) is 6.19. The number of aliphatic carboxylic acids is 1. The van der Waals surface area contributed by atoms with Crippen molar-refractivity contribution in [1.82, 2.24) is 4.98 Å². The van der Waals surface area contributed by atoms with Crippen molar-refractivity contribution in [3.63, 3.8) is 0 Å². The number of rotatable bonds is 4. The fraction of sp³-hybridized carbons (Fsp3) is 0.357. The molecule has 6 nitrogen and oxygen atoms in total. The quantitative estimate of drug-likeness (QED) is 0.816. The van der Waals surface area contributed by atoms with Crippen molar-refractivity contribution in [2.24, 2.45) is 5.41 Å². The Morgan fingerprint density at radius 1 is 1.60 bits per heavy atom. The van der Waals surface area contributed by atoms with Crippen LogP contribution in [0.5, 0.6) is 5.88 Å². The summed E-state index contributed by atoms with van der Waals surface area (Å²) in [6.45, 7) is 3.84. The van der Waals surface area contributed by atoms with Crippen LogP contribution in [-0.4, -0.2) is 28.6 Å². The van der Waals surface area contributed by atoms with Crippen LogP contribution in [0.15, 0.2) is 24.4 Å². The Morgan fingerprint density at radius 3 is 3.05 bits per heavy atom. The number of pyridine rings is 1. The molecule has 2 heterocycles. The summed E-state index contributed by atoms with van der Waals surface area (Å²) in [5, 5.41) is 11.4. The third kappa shape index (κ3) is 3.57. The van der Waals surface area contributed by atoms with Gasteiger partial charge in [0.15, 0.2) is 6.61 Å². The maximum atomic E-state index is 11.3. The van der Waals surface area contributed by atoms with Gasteiger partial charge in [-0.3, -0.25) is 4.79 Å². The van der Waals surface area contributed by atoms with E-state index in [0.717, 1.165) is 11.6 Å². The summed E-state index contributed by atoms with van der Waals surface area (Å²) in [6.07, 6.45) is 5.06. The van der Waals surface area contributed by atoms with Crippen LogP contribution in [0.25, 0.3) is 0 Å². The Hall–Kier alpha value is -2.37. The molecular weight excluding hydrogens is 260 g/mol. The maximum Gasteiger partial charge on any atom is 0.327 e. The third-order valence-corrected chi connectivity index (χ3v) is 2.86. The highest BCUT2D eigenvalue weighted by molar-refractivity contribution is 5.94. The van der Waals surface area contributed by atoms with Crippen LogP contribution in [0, 0.1) is 5.41 Å². The van der Waals surface area contributed by atoms with Crippen molar-refractivity contribution >= 4 is 17.6 Å². The van der Waals surface area contributed by atoms with E-state index in [2.05, 4.69) is 10.3 Å². The minimum absolute atomic E-state index is 0.0216. The zero-order valence-corrected chi connectivity index (χ0v) is 11.3. The molecule has 0 atom stereocenters. The van der Waals surface area contributed by atoms with E-state index in [1.165, 1.54) is 0 Å². The standard InChI is InChI=1S/C14H16N2O4/c1-14(2,4-3-12(18)19)6-9-5-10-13(15-7-9)20-8-11(17)16-10/h3-5,7H,6,8H2,1-2H3,(H,16,17)(H,18,19). The summed E-state index contributed by atoms with van der Waals surface area (Å²) >= 11 is 0. The number of amides is 1. The Bertz CT molecular complexity index is 579. The van der Waals surface area contributed by atoms with Crippen LogP contribution in [0.2, 0.25) is 0 Å². The molecule has 2 rings (SSSR count). The number of aromatic nitrogens is 1. The summed E-state index contributed by atoms with van der Waals surface area (Å²) in [6, 6.07) is 1.80. The molecule has 2 N–H and O–H groups in total. The van der Waals surface area contributed by atoms with E-state index in [4.69, 9.17) is 9.84 Å². The molecule has 106 valence electrons.